The molecule has 3 rings (SSSR count). The Morgan fingerprint density at radius 1 is 1.16 bits per heavy atom. The number of fused-ring (bicyclic) bond motifs is 1. The number of aryl methyl sites for hydroxylation is 1. The molecule has 0 fully saturated rings. The number of para-hydroxylation sites is 1. The van der Waals surface area contributed by atoms with Crippen LogP contribution in [0.5, 0.6) is 5.75 Å². The molecule has 0 unspecified atom stereocenters. The highest BCUT2D eigenvalue weighted by molar-refractivity contribution is 5.75. The van der Waals surface area contributed by atoms with Crippen molar-refractivity contribution in [2.75, 3.05) is 5.73 Å². The van der Waals surface area contributed by atoms with Gasteiger partial charge in [-0.2, -0.15) is 0 Å². The minimum atomic E-state index is 0.304. The third-order valence-electron chi connectivity index (χ3n) is 2.90. The quantitative estimate of drug-likeness (QED) is 0.728. The van der Waals surface area contributed by atoms with Gasteiger partial charge in [-0.05, 0) is 42.8 Å². The standard InChI is InChI=1S/C15H14N2O2/c1-10-3-2-4-13-15(10)19-14(17-13)9-18-12-7-5-11(16)6-8-12/h2-8H,9,16H2,1H3. The van der Waals surface area contributed by atoms with Gasteiger partial charge >= 0.3 is 0 Å². The first-order chi connectivity index (χ1) is 9.22. The average molecular weight is 254 g/mol. The van der Waals surface area contributed by atoms with E-state index < -0.39 is 0 Å². The summed E-state index contributed by atoms with van der Waals surface area (Å²) >= 11 is 0. The van der Waals surface area contributed by atoms with E-state index in [0.717, 1.165) is 22.4 Å². The number of nitrogen functional groups attached to an aromatic ring is 1. The largest absolute Gasteiger partial charge is 0.484 e. The first kappa shape index (κ1) is 11.6. The summed E-state index contributed by atoms with van der Waals surface area (Å²) in [4.78, 5) is 4.39. The van der Waals surface area contributed by atoms with E-state index >= 15 is 0 Å². The maximum absolute atomic E-state index is 5.68. The maximum Gasteiger partial charge on any atom is 0.233 e. The summed E-state index contributed by atoms with van der Waals surface area (Å²) in [5.41, 5.74) is 9.08. The van der Waals surface area contributed by atoms with Crippen molar-refractivity contribution in [1.29, 1.82) is 0 Å². The van der Waals surface area contributed by atoms with E-state index in [1.165, 1.54) is 0 Å². The Morgan fingerprint density at radius 3 is 2.68 bits per heavy atom. The zero-order valence-corrected chi connectivity index (χ0v) is 10.6. The van der Waals surface area contributed by atoms with Crippen LogP contribution >= 0.6 is 0 Å². The molecular formula is C15H14N2O2. The fourth-order valence-corrected chi connectivity index (χ4v) is 1.90. The molecule has 96 valence electrons. The predicted molar refractivity (Wildman–Crippen MR) is 73.9 cm³/mol. The lowest BCUT2D eigenvalue weighted by molar-refractivity contribution is 0.267. The molecule has 0 radical (unpaired) electrons. The van der Waals surface area contributed by atoms with Gasteiger partial charge in [-0.3, -0.25) is 0 Å². The molecule has 4 heteroatoms. The molecule has 1 aromatic heterocycles. The van der Waals surface area contributed by atoms with Crippen LogP contribution in [0.1, 0.15) is 11.5 Å². The lowest BCUT2D eigenvalue weighted by Crippen LogP contribution is -1.95. The number of oxazole rings is 1. The molecule has 0 saturated carbocycles. The summed E-state index contributed by atoms with van der Waals surface area (Å²) in [6, 6.07) is 13.1. The molecule has 4 nitrogen and oxygen atoms in total. The first-order valence-corrected chi connectivity index (χ1v) is 6.06. The third-order valence-corrected chi connectivity index (χ3v) is 2.90. The van der Waals surface area contributed by atoms with E-state index in [-0.39, 0.29) is 0 Å². The minimum absolute atomic E-state index is 0.304. The number of anilines is 1. The van der Waals surface area contributed by atoms with Crippen LogP contribution in [-0.4, -0.2) is 4.98 Å². The highest BCUT2D eigenvalue weighted by Crippen LogP contribution is 2.20. The zero-order valence-electron chi connectivity index (χ0n) is 10.6. The Morgan fingerprint density at radius 2 is 1.95 bits per heavy atom. The number of rotatable bonds is 3. The highest BCUT2D eigenvalue weighted by atomic mass is 16.5. The molecule has 0 saturated heterocycles. The smallest absolute Gasteiger partial charge is 0.233 e. The molecule has 3 aromatic rings. The molecule has 0 aliphatic heterocycles. The van der Waals surface area contributed by atoms with Crippen molar-refractivity contribution in [3.63, 3.8) is 0 Å². The summed E-state index contributed by atoms with van der Waals surface area (Å²) < 4.78 is 11.3. The van der Waals surface area contributed by atoms with Crippen LogP contribution < -0.4 is 10.5 Å². The molecule has 1 heterocycles. The Hall–Kier alpha value is -2.49. The topological polar surface area (TPSA) is 61.3 Å². The monoisotopic (exact) mass is 254 g/mol. The second kappa shape index (κ2) is 4.65. The Kier molecular flexibility index (Phi) is 2.83. The van der Waals surface area contributed by atoms with Crippen molar-refractivity contribution in [3.05, 3.63) is 53.9 Å². The van der Waals surface area contributed by atoms with Gasteiger partial charge in [-0.25, -0.2) is 4.98 Å². The number of nitrogens with zero attached hydrogens (tertiary/aromatic N) is 1. The van der Waals surface area contributed by atoms with Crippen LogP contribution in [0, 0.1) is 6.92 Å². The zero-order chi connectivity index (χ0) is 13.2. The Balaban J connectivity index is 1.78. The first-order valence-electron chi connectivity index (χ1n) is 6.06. The summed E-state index contributed by atoms with van der Waals surface area (Å²) in [6.45, 7) is 2.30. The summed E-state index contributed by atoms with van der Waals surface area (Å²) in [5, 5.41) is 0. The molecule has 0 atom stereocenters. The number of hydrogen-bond acceptors (Lipinski definition) is 4. The number of benzene rings is 2. The summed E-state index contributed by atoms with van der Waals surface area (Å²) in [6.07, 6.45) is 0. The van der Waals surface area contributed by atoms with E-state index in [0.29, 0.717) is 18.2 Å². The number of ether oxygens (including phenoxy) is 1. The fourth-order valence-electron chi connectivity index (χ4n) is 1.90. The summed E-state index contributed by atoms with van der Waals surface area (Å²) in [7, 11) is 0. The van der Waals surface area contributed by atoms with Crippen LogP contribution in [0.3, 0.4) is 0 Å². The maximum atomic E-state index is 5.68. The Bertz CT molecular complexity index is 702. The molecule has 0 amide bonds. The predicted octanol–water partition coefficient (Wildman–Crippen LogP) is 3.30. The molecule has 2 aromatic carbocycles. The lowest BCUT2D eigenvalue weighted by atomic mass is 10.2. The van der Waals surface area contributed by atoms with Gasteiger partial charge in [-0.15, -0.1) is 0 Å². The second-order valence-corrected chi connectivity index (χ2v) is 4.39. The molecule has 0 aliphatic carbocycles. The van der Waals surface area contributed by atoms with E-state index in [1.54, 1.807) is 12.1 Å². The third kappa shape index (κ3) is 2.38. The molecule has 2 N–H and O–H groups in total. The van der Waals surface area contributed by atoms with Gasteiger partial charge in [0.05, 0.1) is 0 Å². The van der Waals surface area contributed by atoms with E-state index in [4.69, 9.17) is 14.9 Å². The van der Waals surface area contributed by atoms with E-state index in [1.807, 2.05) is 37.3 Å². The normalized spacial score (nSPS) is 10.8. The van der Waals surface area contributed by atoms with Crippen molar-refractivity contribution >= 4 is 16.8 Å². The highest BCUT2D eigenvalue weighted by Gasteiger charge is 2.07. The number of nitrogens with two attached hydrogens (primary N) is 1. The van der Waals surface area contributed by atoms with Crippen molar-refractivity contribution in [2.45, 2.75) is 13.5 Å². The Labute approximate surface area is 110 Å². The second-order valence-electron chi connectivity index (χ2n) is 4.39. The molecule has 19 heavy (non-hydrogen) atoms. The van der Waals surface area contributed by atoms with Crippen molar-refractivity contribution in [2.24, 2.45) is 0 Å². The molecule has 0 spiro atoms. The van der Waals surface area contributed by atoms with Crippen molar-refractivity contribution in [3.8, 4) is 5.75 Å². The van der Waals surface area contributed by atoms with Crippen LogP contribution in [0.15, 0.2) is 46.9 Å². The minimum Gasteiger partial charge on any atom is -0.484 e. The SMILES string of the molecule is Cc1cccc2nc(COc3ccc(N)cc3)oc12. The molecular weight excluding hydrogens is 240 g/mol. The van der Waals surface area contributed by atoms with Crippen LogP contribution in [0.25, 0.3) is 11.1 Å². The molecule has 0 aliphatic rings. The lowest BCUT2D eigenvalue weighted by Gasteiger charge is -2.03. The van der Waals surface area contributed by atoms with Crippen LogP contribution in [-0.2, 0) is 6.61 Å². The van der Waals surface area contributed by atoms with E-state index in [9.17, 15) is 0 Å². The van der Waals surface area contributed by atoms with Crippen LogP contribution in [0.2, 0.25) is 0 Å². The van der Waals surface area contributed by atoms with Crippen LogP contribution in [0.4, 0.5) is 5.69 Å². The van der Waals surface area contributed by atoms with Gasteiger partial charge in [-0.1, -0.05) is 12.1 Å². The van der Waals surface area contributed by atoms with Crippen molar-refractivity contribution in [1.82, 2.24) is 4.98 Å². The fraction of sp³-hybridized carbons (Fsp3) is 0.133. The van der Waals surface area contributed by atoms with Gasteiger partial charge in [0, 0.05) is 5.69 Å². The average Bonchev–Trinajstić information content (AvgIpc) is 2.83. The number of aromatic nitrogens is 1. The van der Waals surface area contributed by atoms with Gasteiger partial charge in [0.1, 0.15) is 11.3 Å². The van der Waals surface area contributed by atoms with Crippen molar-refractivity contribution < 1.29 is 9.15 Å². The molecule has 0 bridgehead atoms. The summed E-state index contributed by atoms with van der Waals surface area (Å²) in [5.74, 6) is 1.31. The van der Waals surface area contributed by atoms with E-state index in [2.05, 4.69) is 4.98 Å². The van der Waals surface area contributed by atoms with Gasteiger partial charge in [0.2, 0.25) is 5.89 Å². The van der Waals surface area contributed by atoms with Gasteiger partial charge < -0.3 is 14.9 Å². The number of hydrogen-bond donors (Lipinski definition) is 1. The van der Waals surface area contributed by atoms with Gasteiger partial charge in [0.15, 0.2) is 12.2 Å². The van der Waals surface area contributed by atoms with Gasteiger partial charge in [0.25, 0.3) is 0 Å².